The molecule has 0 spiro atoms. The van der Waals surface area contributed by atoms with E-state index in [1.807, 2.05) is 0 Å². The highest BCUT2D eigenvalue weighted by molar-refractivity contribution is 5.47. The van der Waals surface area contributed by atoms with Gasteiger partial charge in [0.15, 0.2) is 0 Å². The summed E-state index contributed by atoms with van der Waals surface area (Å²) in [5, 5.41) is 3.55. The van der Waals surface area contributed by atoms with Crippen LogP contribution in [-0.4, -0.2) is 20.6 Å². The molecule has 1 atom stereocenters. The molecule has 1 rings (SSSR count). The Morgan fingerprint density at radius 1 is 1.25 bits per heavy atom. The van der Waals surface area contributed by atoms with Crippen LogP contribution in [-0.2, 0) is 0 Å². The standard InChI is InChI=1S/C14H24N2/c1-5-8-14(15-6-2)12-9-7-10-13(11-12)16(3)4/h7,9-11,14-15H,5-6,8H2,1-4H3. The highest BCUT2D eigenvalue weighted by atomic mass is 15.1. The lowest BCUT2D eigenvalue weighted by atomic mass is 10.0. The zero-order valence-corrected chi connectivity index (χ0v) is 11.0. The van der Waals surface area contributed by atoms with Crippen molar-refractivity contribution in [2.75, 3.05) is 25.5 Å². The molecule has 0 aliphatic rings. The molecule has 1 N–H and O–H groups in total. The first-order chi connectivity index (χ1) is 7.69. The van der Waals surface area contributed by atoms with E-state index in [1.54, 1.807) is 0 Å². The van der Waals surface area contributed by atoms with E-state index in [0.717, 1.165) is 6.54 Å². The minimum absolute atomic E-state index is 0.495. The lowest BCUT2D eigenvalue weighted by Gasteiger charge is -2.20. The van der Waals surface area contributed by atoms with Crippen LogP contribution in [0, 0.1) is 0 Å². The zero-order chi connectivity index (χ0) is 12.0. The fourth-order valence-corrected chi connectivity index (χ4v) is 1.94. The van der Waals surface area contributed by atoms with E-state index in [9.17, 15) is 0 Å². The Bertz CT molecular complexity index is 301. The summed E-state index contributed by atoms with van der Waals surface area (Å²) in [4.78, 5) is 2.15. The average Bonchev–Trinajstić information content (AvgIpc) is 2.29. The van der Waals surface area contributed by atoms with Gasteiger partial charge in [0.1, 0.15) is 0 Å². The van der Waals surface area contributed by atoms with E-state index in [1.165, 1.54) is 24.1 Å². The lowest BCUT2D eigenvalue weighted by Crippen LogP contribution is -2.21. The lowest BCUT2D eigenvalue weighted by molar-refractivity contribution is 0.509. The molecule has 0 aliphatic heterocycles. The Morgan fingerprint density at radius 2 is 2.00 bits per heavy atom. The van der Waals surface area contributed by atoms with Crippen LogP contribution < -0.4 is 10.2 Å². The van der Waals surface area contributed by atoms with Crippen molar-refractivity contribution in [1.82, 2.24) is 5.32 Å². The average molecular weight is 220 g/mol. The smallest absolute Gasteiger partial charge is 0.0364 e. The maximum Gasteiger partial charge on any atom is 0.0364 e. The van der Waals surface area contributed by atoms with Gasteiger partial charge in [0.05, 0.1) is 0 Å². The molecule has 0 saturated heterocycles. The number of rotatable bonds is 6. The molecule has 0 amide bonds. The number of hydrogen-bond donors (Lipinski definition) is 1. The molecule has 90 valence electrons. The van der Waals surface area contributed by atoms with Crippen LogP contribution in [0.2, 0.25) is 0 Å². The van der Waals surface area contributed by atoms with Crippen LogP contribution in [0.4, 0.5) is 5.69 Å². The van der Waals surface area contributed by atoms with Gasteiger partial charge in [-0.25, -0.2) is 0 Å². The van der Waals surface area contributed by atoms with E-state index in [-0.39, 0.29) is 0 Å². The number of nitrogens with zero attached hydrogens (tertiary/aromatic N) is 1. The van der Waals surface area contributed by atoms with Crippen LogP contribution >= 0.6 is 0 Å². The Morgan fingerprint density at radius 3 is 2.56 bits per heavy atom. The van der Waals surface area contributed by atoms with Crippen LogP contribution in [0.5, 0.6) is 0 Å². The molecule has 0 aliphatic carbocycles. The second-order valence-electron chi connectivity index (χ2n) is 4.39. The Kier molecular flexibility index (Phi) is 5.33. The topological polar surface area (TPSA) is 15.3 Å². The third-order valence-electron chi connectivity index (χ3n) is 2.82. The van der Waals surface area contributed by atoms with E-state index >= 15 is 0 Å². The summed E-state index contributed by atoms with van der Waals surface area (Å²) in [7, 11) is 4.17. The maximum absolute atomic E-state index is 3.55. The normalized spacial score (nSPS) is 12.5. The van der Waals surface area contributed by atoms with Crippen LogP contribution in [0.25, 0.3) is 0 Å². The summed E-state index contributed by atoms with van der Waals surface area (Å²) in [6, 6.07) is 9.29. The van der Waals surface area contributed by atoms with Gasteiger partial charge in [0.25, 0.3) is 0 Å². The van der Waals surface area contributed by atoms with Gasteiger partial charge in [-0.15, -0.1) is 0 Å². The van der Waals surface area contributed by atoms with Crippen molar-refractivity contribution in [3.63, 3.8) is 0 Å². The first-order valence-corrected chi connectivity index (χ1v) is 6.19. The van der Waals surface area contributed by atoms with E-state index in [4.69, 9.17) is 0 Å². The summed E-state index contributed by atoms with van der Waals surface area (Å²) < 4.78 is 0. The minimum atomic E-state index is 0.495. The summed E-state index contributed by atoms with van der Waals surface area (Å²) in [6.45, 7) is 5.43. The molecule has 2 heteroatoms. The molecule has 0 heterocycles. The third kappa shape index (κ3) is 3.53. The van der Waals surface area contributed by atoms with Crippen molar-refractivity contribution in [1.29, 1.82) is 0 Å². The third-order valence-corrected chi connectivity index (χ3v) is 2.82. The molecule has 0 bridgehead atoms. The first kappa shape index (κ1) is 13.0. The fourth-order valence-electron chi connectivity index (χ4n) is 1.94. The molecule has 16 heavy (non-hydrogen) atoms. The second kappa shape index (κ2) is 6.54. The molecule has 2 nitrogen and oxygen atoms in total. The molecule has 0 radical (unpaired) electrons. The second-order valence-corrected chi connectivity index (χ2v) is 4.39. The van der Waals surface area contributed by atoms with Crippen LogP contribution in [0.3, 0.4) is 0 Å². The van der Waals surface area contributed by atoms with E-state index in [0.29, 0.717) is 6.04 Å². The number of benzene rings is 1. The quantitative estimate of drug-likeness (QED) is 0.792. The summed E-state index contributed by atoms with van der Waals surface area (Å²) in [6.07, 6.45) is 2.41. The van der Waals surface area contributed by atoms with Crippen molar-refractivity contribution in [2.45, 2.75) is 32.7 Å². The highest BCUT2D eigenvalue weighted by Gasteiger charge is 2.09. The van der Waals surface area contributed by atoms with Crippen molar-refractivity contribution in [3.8, 4) is 0 Å². The number of nitrogens with one attached hydrogen (secondary N) is 1. The van der Waals surface area contributed by atoms with Crippen molar-refractivity contribution in [2.24, 2.45) is 0 Å². The number of hydrogen-bond acceptors (Lipinski definition) is 2. The zero-order valence-electron chi connectivity index (χ0n) is 11.0. The monoisotopic (exact) mass is 220 g/mol. The predicted molar refractivity (Wildman–Crippen MR) is 72.1 cm³/mol. The molecule has 1 aromatic carbocycles. The van der Waals surface area contributed by atoms with Crippen molar-refractivity contribution >= 4 is 5.69 Å². The van der Waals surface area contributed by atoms with Crippen molar-refractivity contribution in [3.05, 3.63) is 29.8 Å². The van der Waals surface area contributed by atoms with Gasteiger partial charge >= 0.3 is 0 Å². The summed E-state index contributed by atoms with van der Waals surface area (Å²) in [5.74, 6) is 0. The molecule has 0 saturated carbocycles. The van der Waals surface area contributed by atoms with Gasteiger partial charge < -0.3 is 10.2 Å². The molecule has 0 fully saturated rings. The van der Waals surface area contributed by atoms with Gasteiger partial charge in [-0.1, -0.05) is 32.4 Å². The Labute approximate surface area is 99.7 Å². The van der Waals surface area contributed by atoms with Gasteiger partial charge in [-0.3, -0.25) is 0 Å². The van der Waals surface area contributed by atoms with Crippen molar-refractivity contribution < 1.29 is 0 Å². The largest absolute Gasteiger partial charge is 0.378 e. The minimum Gasteiger partial charge on any atom is -0.378 e. The van der Waals surface area contributed by atoms with E-state index < -0.39 is 0 Å². The molecule has 0 aromatic heterocycles. The fraction of sp³-hybridized carbons (Fsp3) is 0.571. The summed E-state index contributed by atoms with van der Waals surface area (Å²) in [5.41, 5.74) is 2.67. The van der Waals surface area contributed by atoms with Crippen LogP contribution in [0.1, 0.15) is 38.3 Å². The first-order valence-electron chi connectivity index (χ1n) is 6.19. The maximum atomic E-state index is 3.55. The highest BCUT2D eigenvalue weighted by Crippen LogP contribution is 2.22. The van der Waals surface area contributed by atoms with Gasteiger partial charge in [-0.05, 0) is 30.7 Å². The summed E-state index contributed by atoms with van der Waals surface area (Å²) >= 11 is 0. The SMILES string of the molecule is CCCC(NCC)c1cccc(N(C)C)c1. The molecular formula is C14H24N2. The Balaban J connectivity index is 2.86. The van der Waals surface area contributed by atoms with Gasteiger partial charge in [0, 0.05) is 25.8 Å². The Hall–Kier alpha value is -1.02. The van der Waals surface area contributed by atoms with E-state index in [2.05, 4.69) is 62.4 Å². The number of anilines is 1. The van der Waals surface area contributed by atoms with Gasteiger partial charge in [0.2, 0.25) is 0 Å². The van der Waals surface area contributed by atoms with Gasteiger partial charge in [-0.2, -0.15) is 0 Å². The molecular weight excluding hydrogens is 196 g/mol. The molecule has 1 aromatic rings. The molecule has 1 unspecified atom stereocenters. The predicted octanol–water partition coefficient (Wildman–Crippen LogP) is 3.20. The van der Waals surface area contributed by atoms with Crippen LogP contribution in [0.15, 0.2) is 24.3 Å².